The number of halogens is 3. The van der Waals surface area contributed by atoms with Crippen LogP contribution in [0.5, 0.6) is 5.75 Å². The van der Waals surface area contributed by atoms with E-state index in [0.29, 0.717) is 13.1 Å². The van der Waals surface area contributed by atoms with E-state index in [-0.39, 0.29) is 17.7 Å². The molecule has 1 N–H and O–H groups in total. The van der Waals surface area contributed by atoms with Crippen molar-refractivity contribution in [3.63, 3.8) is 0 Å². The van der Waals surface area contributed by atoms with Crippen molar-refractivity contribution in [2.75, 3.05) is 24.5 Å². The van der Waals surface area contributed by atoms with Crippen LogP contribution in [-0.4, -0.2) is 48.1 Å². The number of alkyl halides is 3. The average molecular weight is 330 g/mol. The lowest BCUT2D eigenvalue weighted by molar-refractivity contribution is -0.274. The Balaban J connectivity index is 1.68. The summed E-state index contributed by atoms with van der Waals surface area (Å²) in [5, 5.41) is 9.07. The second kappa shape index (κ2) is 5.82. The molecule has 0 aromatic heterocycles. The summed E-state index contributed by atoms with van der Waals surface area (Å²) in [6, 6.07) is 6.09. The van der Waals surface area contributed by atoms with E-state index < -0.39 is 12.5 Å². The zero-order chi connectivity index (χ0) is 16.6. The minimum Gasteiger partial charge on any atom is -0.465 e. The predicted octanol–water partition coefficient (Wildman–Crippen LogP) is 3.16. The van der Waals surface area contributed by atoms with Crippen LogP contribution >= 0.6 is 0 Å². The highest BCUT2D eigenvalue weighted by molar-refractivity contribution is 5.65. The maximum absolute atomic E-state index is 12.2. The van der Waals surface area contributed by atoms with Gasteiger partial charge >= 0.3 is 12.5 Å². The number of hydrogen-bond acceptors (Lipinski definition) is 3. The monoisotopic (exact) mass is 330 g/mol. The van der Waals surface area contributed by atoms with Gasteiger partial charge in [0.2, 0.25) is 0 Å². The van der Waals surface area contributed by atoms with Crippen LogP contribution in [0.3, 0.4) is 0 Å². The van der Waals surface area contributed by atoms with E-state index in [1.54, 1.807) is 12.1 Å². The molecule has 0 unspecified atom stereocenters. The number of amides is 1. The molecular weight excluding hydrogens is 313 g/mol. The fourth-order valence-corrected chi connectivity index (χ4v) is 3.52. The van der Waals surface area contributed by atoms with Gasteiger partial charge in [-0.1, -0.05) is 0 Å². The van der Waals surface area contributed by atoms with Gasteiger partial charge in [0.25, 0.3) is 0 Å². The molecule has 23 heavy (non-hydrogen) atoms. The standard InChI is InChI=1S/C15H17F3N2O3/c16-15(17,18)23-12-3-1-11(2-4-12)20-8-5-10-9-19(14(21)22)7-6-13(10)20/h1-4,10,13H,5-9H2,(H,21,22)/t10-,13+/m0/s1. The van der Waals surface area contributed by atoms with Gasteiger partial charge in [-0.2, -0.15) is 0 Å². The van der Waals surface area contributed by atoms with Gasteiger partial charge in [0.15, 0.2) is 0 Å². The van der Waals surface area contributed by atoms with Crippen LogP contribution in [0.25, 0.3) is 0 Å². The Kier molecular flexibility index (Phi) is 3.99. The van der Waals surface area contributed by atoms with Crippen molar-refractivity contribution in [2.24, 2.45) is 5.92 Å². The van der Waals surface area contributed by atoms with Crippen molar-refractivity contribution >= 4 is 11.8 Å². The van der Waals surface area contributed by atoms with E-state index in [9.17, 15) is 18.0 Å². The van der Waals surface area contributed by atoms with Crippen LogP contribution in [0, 0.1) is 5.92 Å². The first-order chi connectivity index (χ1) is 10.8. The fourth-order valence-electron chi connectivity index (χ4n) is 3.52. The zero-order valence-corrected chi connectivity index (χ0v) is 12.3. The summed E-state index contributed by atoms with van der Waals surface area (Å²) in [5.74, 6) is 0.0312. The van der Waals surface area contributed by atoms with Gasteiger partial charge in [0.05, 0.1) is 0 Å². The van der Waals surface area contributed by atoms with Crippen molar-refractivity contribution in [1.29, 1.82) is 0 Å². The van der Waals surface area contributed by atoms with E-state index in [4.69, 9.17) is 5.11 Å². The van der Waals surface area contributed by atoms with E-state index in [2.05, 4.69) is 9.64 Å². The van der Waals surface area contributed by atoms with Gasteiger partial charge in [-0.3, -0.25) is 0 Å². The fraction of sp³-hybridized carbons (Fsp3) is 0.533. The summed E-state index contributed by atoms with van der Waals surface area (Å²) in [6.07, 6.45) is -3.97. The topological polar surface area (TPSA) is 53.0 Å². The molecule has 0 saturated carbocycles. The zero-order valence-electron chi connectivity index (χ0n) is 12.3. The lowest BCUT2D eigenvalue weighted by Crippen LogP contribution is -2.47. The van der Waals surface area contributed by atoms with E-state index in [1.807, 2.05) is 0 Å². The molecule has 0 aliphatic carbocycles. The maximum Gasteiger partial charge on any atom is 0.573 e. The molecule has 2 aliphatic rings. The van der Waals surface area contributed by atoms with Gasteiger partial charge < -0.3 is 19.6 Å². The number of nitrogens with zero attached hydrogens (tertiary/aromatic N) is 2. The van der Waals surface area contributed by atoms with E-state index in [1.165, 1.54) is 17.0 Å². The van der Waals surface area contributed by atoms with Crippen LogP contribution < -0.4 is 9.64 Å². The SMILES string of the molecule is O=C(O)N1CC[C@@H]2[C@@H](CCN2c2ccc(OC(F)(F)F)cc2)C1. The Morgan fingerprint density at radius 2 is 1.87 bits per heavy atom. The number of fused-ring (bicyclic) bond motifs is 1. The van der Waals surface area contributed by atoms with Gasteiger partial charge in [0, 0.05) is 31.4 Å². The molecule has 8 heteroatoms. The van der Waals surface area contributed by atoms with Crippen molar-refractivity contribution in [3.8, 4) is 5.75 Å². The second-order valence-corrected chi connectivity index (χ2v) is 5.87. The van der Waals surface area contributed by atoms with Gasteiger partial charge in [-0.25, -0.2) is 4.79 Å². The molecular formula is C15H17F3N2O3. The van der Waals surface area contributed by atoms with Crippen LogP contribution in [-0.2, 0) is 0 Å². The Morgan fingerprint density at radius 3 is 2.48 bits per heavy atom. The Hall–Kier alpha value is -2.12. The number of benzene rings is 1. The molecule has 5 nitrogen and oxygen atoms in total. The smallest absolute Gasteiger partial charge is 0.465 e. The molecule has 0 bridgehead atoms. The summed E-state index contributed by atoms with van der Waals surface area (Å²) < 4.78 is 40.4. The molecule has 2 fully saturated rings. The summed E-state index contributed by atoms with van der Waals surface area (Å²) >= 11 is 0. The minimum absolute atomic E-state index is 0.236. The van der Waals surface area contributed by atoms with Crippen molar-refractivity contribution < 1.29 is 27.8 Å². The van der Waals surface area contributed by atoms with Gasteiger partial charge in [-0.15, -0.1) is 13.2 Å². The molecule has 126 valence electrons. The normalized spacial score (nSPS) is 24.5. The number of hydrogen-bond donors (Lipinski definition) is 1. The van der Waals surface area contributed by atoms with Crippen LogP contribution in [0.15, 0.2) is 24.3 Å². The molecule has 1 aromatic rings. The summed E-state index contributed by atoms with van der Waals surface area (Å²) in [7, 11) is 0. The summed E-state index contributed by atoms with van der Waals surface area (Å²) in [4.78, 5) is 14.6. The first-order valence-electron chi connectivity index (χ1n) is 7.44. The van der Waals surface area contributed by atoms with E-state index in [0.717, 1.165) is 25.1 Å². The highest BCUT2D eigenvalue weighted by Crippen LogP contribution is 2.36. The molecule has 2 heterocycles. The average Bonchev–Trinajstić information content (AvgIpc) is 2.89. The lowest BCUT2D eigenvalue weighted by atomic mass is 9.93. The Labute approximate surface area is 131 Å². The third-order valence-corrected chi connectivity index (χ3v) is 4.51. The summed E-state index contributed by atoms with van der Waals surface area (Å²) in [5.41, 5.74) is 0.843. The van der Waals surface area contributed by atoms with Gasteiger partial charge in [0.1, 0.15) is 5.75 Å². The Bertz CT molecular complexity index is 576. The molecule has 2 saturated heterocycles. The van der Waals surface area contributed by atoms with Crippen molar-refractivity contribution in [2.45, 2.75) is 25.2 Å². The van der Waals surface area contributed by atoms with E-state index >= 15 is 0 Å². The number of anilines is 1. The van der Waals surface area contributed by atoms with Gasteiger partial charge in [-0.05, 0) is 43.0 Å². The third-order valence-electron chi connectivity index (χ3n) is 4.51. The first kappa shape index (κ1) is 15.8. The van der Waals surface area contributed by atoms with Crippen LogP contribution in [0.1, 0.15) is 12.8 Å². The third kappa shape index (κ3) is 3.46. The second-order valence-electron chi connectivity index (χ2n) is 5.87. The lowest BCUT2D eigenvalue weighted by Gasteiger charge is -2.37. The number of likely N-dealkylation sites (tertiary alicyclic amines) is 1. The molecule has 2 aliphatic heterocycles. The van der Waals surface area contributed by atoms with Crippen LogP contribution in [0.2, 0.25) is 0 Å². The minimum atomic E-state index is -4.69. The van der Waals surface area contributed by atoms with Crippen molar-refractivity contribution in [1.82, 2.24) is 4.90 Å². The maximum atomic E-state index is 12.2. The van der Waals surface area contributed by atoms with Crippen LogP contribution in [0.4, 0.5) is 23.7 Å². The quantitative estimate of drug-likeness (QED) is 0.905. The summed E-state index contributed by atoms with van der Waals surface area (Å²) in [6.45, 7) is 1.79. The molecule has 2 atom stereocenters. The highest BCUT2D eigenvalue weighted by atomic mass is 19.4. The molecule has 0 spiro atoms. The Morgan fingerprint density at radius 1 is 1.17 bits per heavy atom. The number of ether oxygens (including phenoxy) is 1. The first-order valence-corrected chi connectivity index (χ1v) is 7.44. The molecule has 0 radical (unpaired) electrons. The van der Waals surface area contributed by atoms with Crippen molar-refractivity contribution in [3.05, 3.63) is 24.3 Å². The number of carbonyl (C=O) groups is 1. The molecule has 1 aromatic carbocycles. The highest BCUT2D eigenvalue weighted by Gasteiger charge is 2.39. The largest absolute Gasteiger partial charge is 0.573 e. The predicted molar refractivity (Wildman–Crippen MR) is 76.6 cm³/mol. The molecule has 3 rings (SSSR count). The number of carboxylic acid groups (broad SMARTS) is 1. The number of piperidine rings is 1. The molecule has 1 amide bonds. The number of rotatable bonds is 2.